The van der Waals surface area contributed by atoms with E-state index in [1.165, 1.54) is 20.8 Å². The van der Waals surface area contributed by atoms with Crippen molar-refractivity contribution in [2.45, 2.75) is 27.7 Å². The molecule has 0 spiro atoms. The fourth-order valence-corrected chi connectivity index (χ4v) is 0.150. The van der Waals surface area contributed by atoms with Gasteiger partial charge in [0.2, 0.25) is 0 Å². The van der Waals surface area contributed by atoms with Crippen LogP contribution in [0.2, 0.25) is 0 Å². The Kier molecular flexibility index (Phi) is 28.4. The molecule has 0 aliphatic carbocycles. The molecule has 0 radical (unpaired) electrons. The summed E-state index contributed by atoms with van der Waals surface area (Å²) in [5.41, 5.74) is -0.181. The zero-order valence-electron chi connectivity index (χ0n) is 18.3. The van der Waals surface area contributed by atoms with Crippen LogP contribution in [0.15, 0.2) is 49.1 Å². The van der Waals surface area contributed by atoms with E-state index in [2.05, 4.69) is 26.3 Å². The van der Waals surface area contributed by atoms with Crippen molar-refractivity contribution in [2.24, 2.45) is 5.41 Å². The van der Waals surface area contributed by atoms with Crippen molar-refractivity contribution < 1.29 is 54.9 Å². The summed E-state index contributed by atoms with van der Waals surface area (Å²) in [4.78, 5) is 38.0. The van der Waals surface area contributed by atoms with Crippen molar-refractivity contribution >= 4 is 23.9 Å². The molecule has 0 rings (SSSR count). The van der Waals surface area contributed by atoms with E-state index in [1.807, 2.05) is 0 Å². The Bertz CT molecular complexity index is 513. The van der Waals surface area contributed by atoms with Crippen molar-refractivity contribution in [3.8, 4) is 0 Å². The minimum absolute atomic E-state index is 0.176. The summed E-state index contributed by atoms with van der Waals surface area (Å²) in [6, 6.07) is 0. The molecular weight excluding hydrogens is 416 g/mol. The standard InChI is InChI=1S/C5H12O3.3C4H6O2.C3H4O2/c1-5(2-6,3-7)4-8;3*1-3(2)4(5)6;1-2-3(4)5/h6-8H,2-4H2,1H3;3*1H2,2H3,(H,5,6);2H,1H2,(H,4,5). The molecule has 0 aromatic carbocycles. The van der Waals surface area contributed by atoms with Crippen LogP contribution in [0.4, 0.5) is 0 Å². The zero-order chi connectivity index (χ0) is 26.4. The third kappa shape index (κ3) is 42.0. The molecule has 180 valence electrons. The van der Waals surface area contributed by atoms with Gasteiger partial charge in [0.05, 0.1) is 19.8 Å². The predicted octanol–water partition coefficient (Wildman–Crippen LogP) is 1.17. The van der Waals surface area contributed by atoms with E-state index in [9.17, 15) is 19.2 Å². The van der Waals surface area contributed by atoms with Gasteiger partial charge in [-0.25, -0.2) is 19.2 Å². The van der Waals surface area contributed by atoms with E-state index in [0.29, 0.717) is 0 Å². The number of hydrogen-bond acceptors (Lipinski definition) is 7. The fourth-order valence-electron chi connectivity index (χ4n) is 0.150. The van der Waals surface area contributed by atoms with Gasteiger partial charge in [-0.1, -0.05) is 33.2 Å². The molecule has 0 heterocycles. The number of carboxylic acids is 4. The summed E-state index contributed by atoms with van der Waals surface area (Å²) in [7, 11) is 0. The lowest BCUT2D eigenvalue weighted by molar-refractivity contribution is -0.133. The van der Waals surface area contributed by atoms with E-state index in [0.717, 1.165) is 6.08 Å². The van der Waals surface area contributed by atoms with E-state index in [-0.39, 0.29) is 36.5 Å². The smallest absolute Gasteiger partial charge is 0.330 e. The average molecular weight is 450 g/mol. The first kappa shape index (κ1) is 38.3. The molecule has 0 aliphatic heterocycles. The number of aliphatic carboxylic acids is 4. The summed E-state index contributed by atoms with van der Waals surface area (Å²) < 4.78 is 0. The van der Waals surface area contributed by atoms with E-state index >= 15 is 0 Å². The van der Waals surface area contributed by atoms with Crippen LogP contribution in [-0.4, -0.2) is 79.4 Å². The van der Waals surface area contributed by atoms with Gasteiger partial charge < -0.3 is 35.7 Å². The molecule has 0 aromatic heterocycles. The SMILES string of the molecule is C=C(C)C(=O)O.C=C(C)C(=O)O.C=C(C)C(=O)O.C=CC(=O)O.CC(CO)(CO)CO. The van der Waals surface area contributed by atoms with E-state index in [1.54, 1.807) is 6.92 Å². The highest BCUT2D eigenvalue weighted by Gasteiger charge is 2.20. The van der Waals surface area contributed by atoms with Gasteiger partial charge in [0, 0.05) is 28.2 Å². The van der Waals surface area contributed by atoms with Gasteiger partial charge in [0.15, 0.2) is 0 Å². The van der Waals surface area contributed by atoms with Gasteiger partial charge in [-0.05, 0) is 20.8 Å². The van der Waals surface area contributed by atoms with E-state index in [4.69, 9.17) is 35.7 Å². The van der Waals surface area contributed by atoms with Crippen LogP contribution in [0.3, 0.4) is 0 Å². The Hall–Kier alpha value is -3.28. The quantitative estimate of drug-likeness (QED) is 0.274. The van der Waals surface area contributed by atoms with Gasteiger partial charge in [0.25, 0.3) is 0 Å². The lowest BCUT2D eigenvalue weighted by Crippen LogP contribution is -2.29. The zero-order valence-corrected chi connectivity index (χ0v) is 18.3. The third-order valence-corrected chi connectivity index (χ3v) is 2.42. The second-order valence-corrected chi connectivity index (χ2v) is 6.08. The Labute approximate surface area is 181 Å². The summed E-state index contributed by atoms with van der Waals surface area (Å²) in [5, 5.41) is 56.7. The second-order valence-electron chi connectivity index (χ2n) is 6.08. The van der Waals surface area contributed by atoms with Gasteiger partial charge in [-0.3, -0.25) is 0 Å². The van der Waals surface area contributed by atoms with Crippen LogP contribution >= 0.6 is 0 Å². The fraction of sp³-hybridized carbons (Fsp3) is 0.400. The molecule has 0 amide bonds. The topological polar surface area (TPSA) is 210 Å². The largest absolute Gasteiger partial charge is 0.478 e. The molecule has 11 nitrogen and oxygen atoms in total. The molecular formula is C20H34O11. The van der Waals surface area contributed by atoms with Crippen molar-refractivity contribution in [3.05, 3.63) is 49.1 Å². The molecule has 0 unspecified atom stereocenters. The minimum atomic E-state index is -0.981. The maximum atomic E-state index is 9.60. The second kappa shape index (κ2) is 23.0. The highest BCUT2D eigenvalue weighted by atomic mass is 16.4. The Morgan fingerprint density at radius 2 is 0.806 bits per heavy atom. The minimum Gasteiger partial charge on any atom is -0.478 e. The first-order valence-electron chi connectivity index (χ1n) is 8.23. The molecule has 31 heavy (non-hydrogen) atoms. The first-order valence-corrected chi connectivity index (χ1v) is 8.23. The monoisotopic (exact) mass is 450 g/mol. The number of carbonyl (C=O) groups is 4. The van der Waals surface area contributed by atoms with Crippen LogP contribution in [0.5, 0.6) is 0 Å². The first-order chi connectivity index (χ1) is 13.9. The lowest BCUT2D eigenvalue weighted by Gasteiger charge is -2.20. The molecule has 0 saturated heterocycles. The van der Waals surface area contributed by atoms with Crippen molar-refractivity contribution in [1.29, 1.82) is 0 Å². The van der Waals surface area contributed by atoms with Gasteiger partial charge in [-0.15, -0.1) is 0 Å². The Balaban J connectivity index is -0.0000000917. The molecule has 7 N–H and O–H groups in total. The molecule has 11 heteroatoms. The maximum absolute atomic E-state index is 9.60. The average Bonchev–Trinajstić information content (AvgIpc) is 2.68. The van der Waals surface area contributed by atoms with E-state index < -0.39 is 29.3 Å². The molecule has 0 bridgehead atoms. The summed E-state index contributed by atoms with van der Waals surface area (Å²) >= 11 is 0. The summed E-state index contributed by atoms with van der Waals surface area (Å²) in [6.07, 6.45) is 0.833. The number of aliphatic hydroxyl groups excluding tert-OH is 3. The van der Waals surface area contributed by atoms with Gasteiger partial charge in [-0.2, -0.15) is 0 Å². The Morgan fingerprint density at radius 1 is 0.677 bits per heavy atom. The number of aliphatic hydroxyl groups is 3. The van der Waals surface area contributed by atoms with Crippen LogP contribution in [0.1, 0.15) is 27.7 Å². The van der Waals surface area contributed by atoms with Crippen LogP contribution in [0.25, 0.3) is 0 Å². The predicted molar refractivity (Wildman–Crippen MR) is 115 cm³/mol. The van der Waals surface area contributed by atoms with Gasteiger partial charge >= 0.3 is 23.9 Å². The highest BCUT2D eigenvalue weighted by Crippen LogP contribution is 2.10. The van der Waals surface area contributed by atoms with Crippen LogP contribution < -0.4 is 0 Å². The highest BCUT2D eigenvalue weighted by molar-refractivity contribution is 5.85. The van der Waals surface area contributed by atoms with Crippen molar-refractivity contribution in [3.63, 3.8) is 0 Å². The number of carboxylic acid groups (broad SMARTS) is 4. The molecule has 0 aromatic rings. The van der Waals surface area contributed by atoms with Crippen molar-refractivity contribution in [2.75, 3.05) is 19.8 Å². The molecule has 0 atom stereocenters. The molecule has 0 fully saturated rings. The summed E-state index contributed by atoms with van der Waals surface area (Å²) in [6.45, 7) is 17.8. The number of hydrogen-bond donors (Lipinski definition) is 7. The van der Waals surface area contributed by atoms with Crippen molar-refractivity contribution in [1.82, 2.24) is 0 Å². The maximum Gasteiger partial charge on any atom is 0.330 e. The normalized spacial score (nSPS) is 8.48. The Morgan fingerprint density at radius 3 is 0.806 bits per heavy atom. The van der Waals surface area contributed by atoms with Gasteiger partial charge in [0.1, 0.15) is 0 Å². The molecule has 0 aliphatic rings. The lowest BCUT2D eigenvalue weighted by atomic mass is 9.95. The summed E-state index contributed by atoms with van der Waals surface area (Å²) in [5.74, 6) is -3.79. The number of rotatable bonds is 7. The van der Waals surface area contributed by atoms with Crippen LogP contribution in [0, 0.1) is 5.41 Å². The molecule has 0 saturated carbocycles. The van der Waals surface area contributed by atoms with Crippen LogP contribution in [-0.2, 0) is 19.2 Å². The third-order valence-electron chi connectivity index (χ3n) is 2.42.